The molecule has 3 rings (SSSR count). The van der Waals surface area contributed by atoms with Gasteiger partial charge < -0.3 is 14.2 Å². The molecule has 0 aliphatic carbocycles. The van der Waals surface area contributed by atoms with Gasteiger partial charge in [-0.05, 0) is 12.1 Å². The highest BCUT2D eigenvalue weighted by Crippen LogP contribution is 2.22. The number of rotatable bonds is 5. The second kappa shape index (κ2) is 5.85. The minimum Gasteiger partial charge on any atom is -0.497 e. The molecule has 0 fully saturated rings. The van der Waals surface area contributed by atoms with Crippen LogP contribution in [-0.4, -0.2) is 32.6 Å². The van der Waals surface area contributed by atoms with Crippen LogP contribution >= 0.6 is 0 Å². The number of aryl methyl sites for hydroxylation is 1. The molecule has 0 spiro atoms. The van der Waals surface area contributed by atoms with Gasteiger partial charge in [0.25, 0.3) is 0 Å². The Kier molecular flexibility index (Phi) is 3.74. The number of aromatic nitrogens is 3. The molecule has 0 saturated heterocycles. The zero-order chi connectivity index (χ0) is 15.5. The minimum atomic E-state index is -0.827. The smallest absolute Gasteiger partial charge is 0.303 e. The lowest BCUT2D eigenvalue weighted by molar-refractivity contribution is -0.136. The first-order chi connectivity index (χ1) is 10.7. The van der Waals surface area contributed by atoms with E-state index in [-0.39, 0.29) is 6.42 Å². The van der Waals surface area contributed by atoms with Gasteiger partial charge in [-0.3, -0.25) is 9.78 Å². The van der Waals surface area contributed by atoms with Gasteiger partial charge in [-0.1, -0.05) is 12.1 Å². The van der Waals surface area contributed by atoms with Crippen LogP contribution < -0.4 is 4.74 Å². The zero-order valence-corrected chi connectivity index (χ0v) is 12.1. The van der Waals surface area contributed by atoms with Crippen molar-refractivity contribution in [3.05, 3.63) is 48.5 Å². The van der Waals surface area contributed by atoms with Crippen LogP contribution in [-0.2, 0) is 11.2 Å². The molecule has 0 bridgehead atoms. The van der Waals surface area contributed by atoms with Crippen LogP contribution in [0, 0.1) is 0 Å². The molecule has 0 unspecified atom stereocenters. The molecule has 0 amide bonds. The summed E-state index contributed by atoms with van der Waals surface area (Å²) in [5.74, 6) is -0.0561. The molecular formula is C16H15N3O3. The van der Waals surface area contributed by atoms with Crippen molar-refractivity contribution in [1.29, 1.82) is 0 Å². The summed E-state index contributed by atoms with van der Waals surface area (Å²) in [6, 6.07) is 7.66. The van der Waals surface area contributed by atoms with Gasteiger partial charge in [0.2, 0.25) is 0 Å². The van der Waals surface area contributed by atoms with Crippen LogP contribution in [0.25, 0.3) is 16.9 Å². The van der Waals surface area contributed by atoms with Crippen molar-refractivity contribution in [1.82, 2.24) is 14.4 Å². The first kappa shape index (κ1) is 14.1. The van der Waals surface area contributed by atoms with Gasteiger partial charge in [0.1, 0.15) is 5.75 Å². The Hall–Kier alpha value is -2.89. The maximum absolute atomic E-state index is 10.6. The van der Waals surface area contributed by atoms with Gasteiger partial charge in [0.15, 0.2) is 5.65 Å². The van der Waals surface area contributed by atoms with E-state index in [0.29, 0.717) is 12.1 Å². The van der Waals surface area contributed by atoms with E-state index in [1.54, 1.807) is 13.3 Å². The van der Waals surface area contributed by atoms with Crippen molar-refractivity contribution in [2.24, 2.45) is 0 Å². The summed E-state index contributed by atoms with van der Waals surface area (Å²) in [6.45, 7) is 0. The van der Waals surface area contributed by atoms with Gasteiger partial charge >= 0.3 is 5.97 Å². The van der Waals surface area contributed by atoms with Gasteiger partial charge in [0, 0.05) is 24.4 Å². The molecule has 1 N–H and O–H groups in total. The van der Waals surface area contributed by atoms with Crippen molar-refractivity contribution < 1.29 is 14.6 Å². The molecule has 0 saturated carbocycles. The Labute approximate surface area is 127 Å². The Bertz CT molecular complexity index is 826. The highest BCUT2D eigenvalue weighted by molar-refractivity contribution is 5.67. The van der Waals surface area contributed by atoms with Crippen molar-refractivity contribution in [2.75, 3.05) is 7.11 Å². The van der Waals surface area contributed by atoms with Gasteiger partial charge in [0.05, 0.1) is 31.1 Å². The number of ether oxygens (including phenoxy) is 1. The van der Waals surface area contributed by atoms with E-state index >= 15 is 0 Å². The lowest BCUT2D eigenvalue weighted by atomic mass is 10.1. The fourth-order valence-electron chi connectivity index (χ4n) is 2.24. The van der Waals surface area contributed by atoms with Crippen LogP contribution in [0.2, 0.25) is 0 Å². The SMILES string of the molecule is COc1cccc(-c2cn3cc(CCC(=O)O)nc3cn2)c1. The van der Waals surface area contributed by atoms with Crippen molar-refractivity contribution in [3.8, 4) is 17.0 Å². The number of carbonyl (C=O) groups is 1. The molecule has 6 nitrogen and oxygen atoms in total. The number of imidazole rings is 1. The van der Waals surface area contributed by atoms with Crippen LogP contribution in [0.15, 0.2) is 42.9 Å². The maximum Gasteiger partial charge on any atom is 0.303 e. The number of carboxylic acid groups (broad SMARTS) is 1. The van der Waals surface area contributed by atoms with E-state index < -0.39 is 5.97 Å². The van der Waals surface area contributed by atoms with E-state index in [2.05, 4.69) is 9.97 Å². The molecule has 0 aliphatic rings. The first-order valence-corrected chi connectivity index (χ1v) is 6.85. The Morgan fingerprint density at radius 2 is 2.23 bits per heavy atom. The number of hydrogen-bond acceptors (Lipinski definition) is 4. The maximum atomic E-state index is 10.6. The van der Waals surface area contributed by atoms with Crippen molar-refractivity contribution in [2.45, 2.75) is 12.8 Å². The summed E-state index contributed by atoms with van der Waals surface area (Å²) in [6.07, 6.45) is 5.87. The van der Waals surface area contributed by atoms with E-state index in [9.17, 15) is 4.79 Å². The second-order valence-electron chi connectivity index (χ2n) is 4.90. The average molecular weight is 297 g/mol. The van der Waals surface area contributed by atoms with Crippen LogP contribution in [0.5, 0.6) is 5.75 Å². The lowest BCUT2D eigenvalue weighted by Gasteiger charge is -2.04. The van der Waals surface area contributed by atoms with E-state index in [1.165, 1.54) is 0 Å². The molecule has 3 aromatic rings. The number of nitrogens with zero attached hydrogens (tertiary/aromatic N) is 3. The lowest BCUT2D eigenvalue weighted by Crippen LogP contribution is -1.97. The Morgan fingerprint density at radius 1 is 1.36 bits per heavy atom. The first-order valence-electron chi connectivity index (χ1n) is 6.85. The van der Waals surface area contributed by atoms with E-state index in [0.717, 1.165) is 22.7 Å². The standard InChI is InChI=1S/C16H15N3O3/c1-22-13-4-2-3-11(7-13)14-10-19-9-12(5-6-16(20)21)18-15(19)8-17-14/h2-4,7-10H,5-6H2,1H3,(H,20,21). The normalized spacial score (nSPS) is 10.8. The third kappa shape index (κ3) is 2.90. The van der Waals surface area contributed by atoms with Crippen LogP contribution in [0.1, 0.15) is 12.1 Å². The molecule has 0 aliphatic heterocycles. The topological polar surface area (TPSA) is 76.7 Å². The molecule has 2 heterocycles. The number of benzene rings is 1. The largest absolute Gasteiger partial charge is 0.497 e. The molecule has 0 atom stereocenters. The number of aliphatic carboxylic acids is 1. The molecule has 6 heteroatoms. The average Bonchev–Trinajstić information content (AvgIpc) is 2.95. The molecule has 0 radical (unpaired) electrons. The van der Waals surface area contributed by atoms with Gasteiger partial charge in [-0.2, -0.15) is 0 Å². The van der Waals surface area contributed by atoms with Crippen LogP contribution in [0.3, 0.4) is 0 Å². The highest BCUT2D eigenvalue weighted by atomic mass is 16.5. The highest BCUT2D eigenvalue weighted by Gasteiger charge is 2.07. The summed E-state index contributed by atoms with van der Waals surface area (Å²) in [5.41, 5.74) is 3.19. The molecule has 2 aromatic heterocycles. The molecule has 1 aromatic carbocycles. The summed E-state index contributed by atoms with van der Waals surface area (Å²) in [4.78, 5) is 19.4. The molecule has 112 valence electrons. The predicted molar refractivity (Wildman–Crippen MR) is 80.9 cm³/mol. The summed E-state index contributed by atoms with van der Waals surface area (Å²) in [7, 11) is 1.63. The quantitative estimate of drug-likeness (QED) is 0.782. The van der Waals surface area contributed by atoms with E-state index in [1.807, 2.05) is 41.1 Å². The predicted octanol–water partition coefficient (Wildman–Crippen LogP) is 2.42. The fourth-order valence-corrected chi connectivity index (χ4v) is 2.24. The molecular weight excluding hydrogens is 282 g/mol. The Balaban J connectivity index is 1.93. The number of methoxy groups -OCH3 is 1. The third-order valence-corrected chi connectivity index (χ3v) is 3.35. The summed E-state index contributed by atoms with van der Waals surface area (Å²) >= 11 is 0. The monoisotopic (exact) mass is 297 g/mol. The van der Waals surface area contributed by atoms with Gasteiger partial charge in [-0.25, -0.2) is 4.98 Å². The van der Waals surface area contributed by atoms with Gasteiger partial charge in [-0.15, -0.1) is 0 Å². The zero-order valence-electron chi connectivity index (χ0n) is 12.1. The summed E-state index contributed by atoms with van der Waals surface area (Å²) < 4.78 is 7.08. The summed E-state index contributed by atoms with van der Waals surface area (Å²) in [5, 5.41) is 8.73. The minimum absolute atomic E-state index is 0.0695. The molecule has 22 heavy (non-hydrogen) atoms. The number of fused-ring (bicyclic) bond motifs is 1. The van der Waals surface area contributed by atoms with Crippen molar-refractivity contribution in [3.63, 3.8) is 0 Å². The van der Waals surface area contributed by atoms with Crippen LogP contribution in [0.4, 0.5) is 0 Å². The number of hydrogen-bond donors (Lipinski definition) is 1. The second-order valence-corrected chi connectivity index (χ2v) is 4.90. The van der Waals surface area contributed by atoms with Crippen molar-refractivity contribution >= 4 is 11.6 Å². The van der Waals surface area contributed by atoms with E-state index in [4.69, 9.17) is 9.84 Å². The third-order valence-electron chi connectivity index (χ3n) is 3.35. The fraction of sp³-hybridized carbons (Fsp3) is 0.188. The number of carboxylic acids is 1. The Morgan fingerprint density at radius 3 is 3.00 bits per heavy atom.